The molecule has 0 aromatic heterocycles. The van der Waals surface area contributed by atoms with Crippen molar-refractivity contribution < 1.29 is 9.59 Å². The zero-order chi connectivity index (χ0) is 18.1. The Balaban J connectivity index is 1.44. The van der Waals surface area contributed by atoms with Crippen LogP contribution in [0.4, 0.5) is 0 Å². The van der Waals surface area contributed by atoms with E-state index in [0.29, 0.717) is 18.9 Å². The molecule has 1 aliphatic heterocycles. The van der Waals surface area contributed by atoms with Crippen molar-refractivity contribution in [1.29, 1.82) is 0 Å². The van der Waals surface area contributed by atoms with E-state index in [1.165, 1.54) is 11.1 Å². The maximum Gasteiger partial charge on any atom is 0.222 e. The smallest absolute Gasteiger partial charge is 0.222 e. The molecule has 134 valence electrons. The van der Waals surface area contributed by atoms with Crippen LogP contribution in [0.1, 0.15) is 48.4 Å². The number of benzene rings is 2. The monoisotopic (exact) mass is 348 g/mol. The Morgan fingerprint density at radius 2 is 1.81 bits per heavy atom. The molecule has 4 rings (SSSR count). The SMILES string of the molecule is CC(=O)N1CCc2ccccc2C1CC(=O)NC1CC1c1ccccc1. The molecule has 1 saturated carbocycles. The average Bonchev–Trinajstić information content (AvgIpc) is 3.41. The minimum atomic E-state index is -0.161. The zero-order valence-corrected chi connectivity index (χ0v) is 15.0. The van der Waals surface area contributed by atoms with Gasteiger partial charge in [0.1, 0.15) is 0 Å². The Kier molecular flexibility index (Phi) is 4.49. The number of carbonyl (C=O) groups is 2. The van der Waals surface area contributed by atoms with Crippen LogP contribution in [-0.2, 0) is 16.0 Å². The summed E-state index contributed by atoms with van der Waals surface area (Å²) in [6, 6.07) is 18.5. The second-order valence-corrected chi connectivity index (χ2v) is 7.31. The van der Waals surface area contributed by atoms with E-state index in [1.807, 2.05) is 41.3 Å². The van der Waals surface area contributed by atoms with Crippen molar-refractivity contribution in [2.45, 2.75) is 44.2 Å². The van der Waals surface area contributed by atoms with Crippen LogP contribution < -0.4 is 5.32 Å². The number of rotatable bonds is 4. The Hall–Kier alpha value is -2.62. The standard InChI is InChI=1S/C22H24N2O2/c1-15(25)24-12-11-17-9-5-6-10-18(17)21(24)14-22(26)23-20-13-19(20)16-7-3-2-4-8-16/h2-10,19-21H,11-14H2,1H3,(H,23,26). The van der Waals surface area contributed by atoms with Crippen molar-refractivity contribution >= 4 is 11.8 Å². The van der Waals surface area contributed by atoms with Crippen LogP contribution in [0, 0.1) is 0 Å². The molecule has 1 aliphatic carbocycles. The maximum absolute atomic E-state index is 12.7. The first-order chi connectivity index (χ1) is 12.6. The summed E-state index contributed by atoms with van der Waals surface area (Å²) in [5.41, 5.74) is 3.64. The van der Waals surface area contributed by atoms with Crippen LogP contribution >= 0.6 is 0 Å². The molecule has 2 aliphatic rings. The van der Waals surface area contributed by atoms with Crippen molar-refractivity contribution in [2.75, 3.05) is 6.54 Å². The summed E-state index contributed by atoms with van der Waals surface area (Å²) in [6.07, 6.45) is 2.18. The molecule has 0 saturated heterocycles. The van der Waals surface area contributed by atoms with Gasteiger partial charge in [0.05, 0.1) is 12.5 Å². The highest BCUT2D eigenvalue weighted by Gasteiger charge is 2.40. The highest BCUT2D eigenvalue weighted by atomic mass is 16.2. The van der Waals surface area contributed by atoms with Crippen molar-refractivity contribution in [3.05, 3.63) is 71.3 Å². The summed E-state index contributed by atoms with van der Waals surface area (Å²) in [5, 5.41) is 3.16. The topological polar surface area (TPSA) is 49.4 Å². The first-order valence-electron chi connectivity index (χ1n) is 9.33. The van der Waals surface area contributed by atoms with Crippen molar-refractivity contribution in [2.24, 2.45) is 0 Å². The van der Waals surface area contributed by atoms with E-state index in [9.17, 15) is 9.59 Å². The first-order valence-corrected chi connectivity index (χ1v) is 9.33. The molecule has 3 atom stereocenters. The van der Waals surface area contributed by atoms with E-state index in [2.05, 4.69) is 23.5 Å². The predicted molar refractivity (Wildman–Crippen MR) is 101 cm³/mol. The normalized spacial score (nSPS) is 23.9. The van der Waals surface area contributed by atoms with Gasteiger partial charge in [-0.2, -0.15) is 0 Å². The zero-order valence-electron chi connectivity index (χ0n) is 15.0. The second kappa shape index (κ2) is 6.94. The van der Waals surface area contributed by atoms with E-state index in [4.69, 9.17) is 0 Å². The quantitative estimate of drug-likeness (QED) is 0.922. The number of carbonyl (C=O) groups excluding carboxylic acids is 2. The molecule has 1 fully saturated rings. The summed E-state index contributed by atoms with van der Waals surface area (Å²) in [6.45, 7) is 2.27. The molecule has 1 N–H and O–H groups in total. The summed E-state index contributed by atoms with van der Waals surface area (Å²) >= 11 is 0. The van der Waals surface area contributed by atoms with Crippen molar-refractivity contribution in [1.82, 2.24) is 10.2 Å². The van der Waals surface area contributed by atoms with E-state index < -0.39 is 0 Å². The Morgan fingerprint density at radius 3 is 2.58 bits per heavy atom. The lowest BCUT2D eigenvalue weighted by Gasteiger charge is -2.36. The van der Waals surface area contributed by atoms with Crippen LogP contribution in [-0.4, -0.2) is 29.3 Å². The lowest BCUT2D eigenvalue weighted by Crippen LogP contribution is -2.41. The van der Waals surface area contributed by atoms with Gasteiger partial charge in [0.2, 0.25) is 11.8 Å². The lowest BCUT2D eigenvalue weighted by atomic mass is 9.90. The number of fused-ring (bicyclic) bond motifs is 1. The van der Waals surface area contributed by atoms with Gasteiger partial charge in [0.25, 0.3) is 0 Å². The van der Waals surface area contributed by atoms with Gasteiger partial charge < -0.3 is 10.2 Å². The van der Waals surface area contributed by atoms with Gasteiger partial charge in [-0.25, -0.2) is 0 Å². The van der Waals surface area contributed by atoms with Gasteiger partial charge in [0.15, 0.2) is 0 Å². The Morgan fingerprint density at radius 1 is 1.08 bits per heavy atom. The van der Waals surface area contributed by atoms with Gasteiger partial charge in [-0.3, -0.25) is 9.59 Å². The minimum Gasteiger partial charge on any atom is -0.353 e. The third-order valence-electron chi connectivity index (χ3n) is 5.56. The van der Waals surface area contributed by atoms with Crippen LogP contribution in [0.25, 0.3) is 0 Å². The van der Waals surface area contributed by atoms with Crippen molar-refractivity contribution in [3.63, 3.8) is 0 Å². The van der Waals surface area contributed by atoms with Crippen molar-refractivity contribution in [3.8, 4) is 0 Å². The third kappa shape index (κ3) is 3.36. The average molecular weight is 348 g/mol. The molecule has 2 amide bonds. The summed E-state index contributed by atoms with van der Waals surface area (Å²) in [4.78, 5) is 26.6. The molecular formula is C22H24N2O2. The van der Waals surface area contributed by atoms with Gasteiger partial charge in [0, 0.05) is 25.4 Å². The molecule has 0 bridgehead atoms. The summed E-state index contributed by atoms with van der Waals surface area (Å²) in [5.74, 6) is 0.481. The van der Waals surface area contributed by atoms with E-state index >= 15 is 0 Å². The molecule has 2 aromatic rings. The van der Waals surface area contributed by atoms with Crippen LogP contribution in [0.3, 0.4) is 0 Å². The Bertz CT molecular complexity index is 818. The molecule has 3 unspecified atom stereocenters. The van der Waals surface area contributed by atoms with Gasteiger partial charge in [-0.15, -0.1) is 0 Å². The number of hydrogen-bond donors (Lipinski definition) is 1. The molecule has 0 spiro atoms. The fourth-order valence-electron chi connectivity index (χ4n) is 4.11. The fourth-order valence-corrected chi connectivity index (χ4v) is 4.11. The van der Waals surface area contributed by atoms with Crippen LogP contribution in [0.5, 0.6) is 0 Å². The highest BCUT2D eigenvalue weighted by molar-refractivity contribution is 5.80. The molecule has 2 aromatic carbocycles. The number of hydrogen-bond acceptors (Lipinski definition) is 2. The number of nitrogens with zero attached hydrogens (tertiary/aromatic N) is 1. The second-order valence-electron chi connectivity index (χ2n) is 7.31. The highest BCUT2D eigenvalue weighted by Crippen LogP contribution is 2.41. The number of amides is 2. The maximum atomic E-state index is 12.7. The lowest BCUT2D eigenvalue weighted by molar-refractivity contribution is -0.133. The summed E-state index contributed by atoms with van der Waals surface area (Å²) < 4.78 is 0. The van der Waals surface area contributed by atoms with Gasteiger partial charge in [-0.05, 0) is 29.5 Å². The Labute approximate surface area is 154 Å². The summed E-state index contributed by atoms with van der Waals surface area (Å²) in [7, 11) is 0. The molecule has 1 heterocycles. The van der Waals surface area contributed by atoms with Crippen LogP contribution in [0.2, 0.25) is 0 Å². The largest absolute Gasteiger partial charge is 0.353 e. The molecular weight excluding hydrogens is 324 g/mol. The molecule has 26 heavy (non-hydrogen) atoms. The third-order valence-corrected chi connectivity index (χ3v) is 5.56. The first kappa shape index (κ1) is 16.8. The van der Waals surface area contributed by atoms with E-state index in [0.717, 1.165) is 18.4 Å². The van der Waals surface area contributed by atoms with Gasteiger partial charge >= 0.3 is 0 Å². The molecule has 4 heteroatoms. The number of nitrogens with one attached hydrogen (secondary N) is 1. The molecule has 0 radical (unpaired) electrons. The van der Waals surface area contributed by atoms with E-state index in [-0.39, 0.29) is 23.9 Å². The van der Waals surface area contributed by atoms with E-state index in [1.54, 1.807) is 6.92 Å². The minimum absolute atomic E-state index is 0.0291. The van der Waals surface area contributed by atoms with Gasteiger partial charge in [-0.1, -0.05) is 54.6 Å². The molecule has 4 nitrogen and oxygen atoms in total. The van der Waals surface area contributed by atoms with Crippen LogP contribution in [0.15, 0.2) is 54.6 Å². The predicted octanol–water partition coefficient (Wildman–Crippen LogP) is 3.19. The fraction of sp³-hybridized carbons (Fsp3) is 0.364.